The molecular weight excluding hydrogens is 962 g/mol. The molecule has 14 nitrogen and oxygen atoms in total. The molecule has 19 heavy (non-hydrogen) atoms. The van der Waals surface area contributed by atoms with Crippen LogP contribution in [-0.2, 0) is 13.4 Å². The molecule has 0 atom stereocenters. The summed E-state index contributed by atoms with van der Waals surface area (Å²) in [6.45, 7) is 0. The zero-order valence-electron chi connectivity index (χ0n) is 8.29. The molecule has 17 heteroatoms. The number of carboxylic acid groups (broad SMARTS) is 4. The molecule has 0 aromatic heterocycles. The Morgan fingerprint density at radius 3 is 0.526 bits per heavy atom. The maximum absolute atomic E-state index is 8.58. The van der Waals surface area contributed by atoms with Gasteiger partial charge in [-0.1, -0.05) is 0 Å². The molecule has 0 aliphatic heterocycles. The molecule has 0 radical (unpaired) electrons. The van der Waals surface area contributed by atoms with E-state index in [1.54, 1.807) is 0 Å². The van der Waals surface area contributed by atoms with Crippen molar-refractivity contribution in [2.24, 2.45) is 0 Å². The molecular formula is C2H2O14U3. The first kappa shape index (κ1) is 42.7. The topological polar surface area (TPSA) is 289 Å². The average Bonchev–Trinajstić information content (AvgIpc) is 2.03. The molecule has 0 aromatic carbocycles. The van der Waals surface area contributed by atoms with E-state index in [0.717, 1.165) is 0 Å². The number of hydrogen-bond acceptors (Lipinski definition) is 14. The summed E-state index contributed by atoms with van der Waals surface area (Å²) in [5.41, 5.74) is 0. The summed E-state index contributed by atoms with van der Waals surface area (Å²) >= 11 is -7.52. The number of carbonyl (C=O) groups excluding carboxylic acids is 2. The van der Waals surface area contributed by atoms with Crippen LogP contribution in [-0.4, -0.2) is 23.3 Å². The molecule has 0 saturated heterocycles. The van der Waals surface area contributed by atoms with Gasteiger partial charge in [-0.15, -0.1) is 0 Å². The molecule has 0 heterocycles. The van der Waals surface area contributed by atoms with Crippen LogP contribution in [0, 0.1) is 83.5 Å². The predicted octanol–water partition coefficient (Wildman–Crippen LogP) is -5.96. The van der Waals surface area contributed by atoms with Crippen LogP contribution in [0.5, 0.6) is 0 Å². The van der Waals surface area contributed by atoms with E-state index in [0.29, 0.717) is 0 Å². The second-order valence-corrected chi connectivity index (χ2v) is 2.83. The Bertz CT molecular complexity index is 229. The maximum atomic E-state index is 8.58. The van der Waals surface area contributed by atoms with Crippen LogP contribution < -0.4 is 20.4 Å². The molecule has 0 fully saturated rings. The van der Waals surface area contributed by atoms with Crippen molar-refractivity contribution in [3.63, 3.8) is 0 Å². The van der Waals surface area contributed by atoms with Gasteiger partial charge in [-0.2, -0.15) is 0 Å². The molecule has 0 aliphatic carbocycles. The van der Waals surface area contributed by atoms with Crippen molar-refractivity contribution in [2.75, 3.05) is 0 Å². The van der Waals surface area contributed by atoms with E-state index in [-0.39, 0.29) is 11.0 Å². The molecule has 0 aliphatic rings. The van der Waals surface area contributed by atoms with Gasteiger partial charge in [0.2, 0.25) is 0 Å². The van der Waals surface area contributed by atoms with Gasteiger partial charge in [0, 0.05) is 0 Å². The Kier molecular flexibility index (Phi) is 142. The predicted molar refractivity (Wildman–Crippen MR) is 18.8 cm³/mol. The molecule has 2 N–H and O–H groups in total. The number of hydrogen-bond donors (Lipinski definition) is 0. The fourth-order valence-corrected chi connectivity index (χ4v) is 0. The van der Waals surface area contributed by atoms with E-state index in [4.69, 9.17) is 43.4 Å². The van der Waals surface area contributed by atoms with Crippen LogP contribution in [0.2, 0.25) is 0 Å². The molecule has 0 amide bonds. The van der Waals surface area contributed by atoms with Gasteiger partial charge in [-0.05, 0) is 12.3 Å². The van der Waals surface area contributed by atoms with Gasteiger partial charge < -0.3 is 41.0 Å². The van der Waals surface area contributed by atoms with Crippen molar-refractivity contribution in [3.8, 4) is 0 Å². The van der Waals surface area contributed by atoms with Crippen molar-refractivity contribution in [2.45, 2.75) is 0 Å². The normalized spacial score (nSPS) is 3.79. The van der Waals surface area contributed by atoms with E-state index in [9.17, 15) is 0 Å². The van der Waals surface area contributed by atoms with Crippen LogP contribution in [0.15, 0.2) is 0 Å². The fraction of sp³-hybridized carbons (Fsp3) is 0. The fourth-order valence-electron chi connectivity index (χ4n) is 0. The number of carbonyl (C=O) groups is 2. The van der Waals surface area contributed by atoms with Gasteiger partial charge in [0.1, 0.15) is 0 Å². The van der Waals surface area contributed by atoms with Crippen LogP contribution in [0.1, 0.15) is 0 Å². The molecule has 0 aromatic rings. The molecule has 0 spiro atoms. The first-order valence-corrected chi connectivity index (χ1v) is 12.6. The quantitative estimate of drug-likeness (QED) is 0.219. The zero-order valence-corrected chi connectivity index (χ0v) is 20.8. The third-order valence-electron chi connectivity index (χ3n) is 0. The summed E-state index contributed by atoms with van der Waals surface area (Å²) in [6.07, 6.45) is -4.67. The van der Waals surface area contributed by atoms with Gasteiger partial charge in [0.05, 0.1) is 0 Å². The third kappa shape index (κ3) is 28700. The third-order valence-corrected chi connectivity index (χ3v) is 0. The molecule has 106 valence electrons. The van der Waals surface area contributed by atoms with Gasteiger partial charge in [0.25, 0.3) is 0 Å². The van der Waals surface area contributed by atoms with Gasteiger partial charge in [-0.25, -0.2) is 0 Å². The standard InChI is InChI=1S/2CH2O3.2H2O.6O.3U/c2*2-1(3)4;;;;;;;;;;;/h2*(H2,2,3,4);2*1H2;;;;;;;;;/q;;;;;;;;;;3*+2/p-6. The van der Waals surface area contributed by atoms with Crippen molar-refractivity contribution in [3.05, 3.63) is 0 Å². The van der Waals surface area contributed by atoms with Gasteiger partial charge in [-0.3, -0.25) is 0 Å². The van der Waals surface area contributed by atoms with Crippen LogP contribution in [0.3, 0.4) is 0 Å². The van der Waals surface area contributed by atoms with Crippen LogP contribution in [0.25, 0.3) is 0 Å². The van der Waals surface area contributed by atoms with Gasteiger partial charge in [0.15, 0.2) is 0 Å². The summed E-state index contributed by atoms with van der Waals surface area (Å²) in [4.78, 5) is 16.7. The monoisotopic (exact) mass is 964 g/mol. The Balaban J connectivity index is -0.0000000186. The van der Waals surface area contributed by atoms with E-state index in [1.807, 2.05) is 0 Å². The second kappa shape index (κ2) is 63.0. The first-order valence-electron chi connectivity index (χ1n) is 2.45. The van der Waals surface area contributed by atoms with Crippen LogP contribution in [0.4, 0.5) is 9.59 Å². The minimum absolute atomic E-state index is 0. The summed E-state index contributed by atoms with van der Waals surface area (Å²) in [5.74, 6) is 0. The summed E-state index contributed by atoms with van der Waals surface area (Å²) < 4.78 is 51.5. The van der Waals surface area contributed by atoms with E-state index in [2.05, 4.69) is 0 Å². The average molecular weight is 964 g/mol. The Labute approximate surface area is 148 Å². The first-order chi connectivity index (χ1) is 7.71. The Morgan fingerprint density at radius 2 is 0.526 bits per heavy atom. The van der Waals surface area contributed by atoms with Crippen LogP contribution >= 0.6 is 0 Å². The summed E-state index contributed by atoms with van der Waals surface area (Å²) in [5, 5.41) is 33.3. The molecule has 0 saturated carbocycles. The minimum atomic E-state index is -2.51. The van der Waals surface area contributed by atoms with E-state index >= 15 is 0 Å². The van der Waals surface area contributed by atoms with Crippen molar-refractivity contribution < 1.29 is 138 Å². The summed E-state index contributed by atoms with van der Waals surface area (Å²) in [7, 11) is 0. The Hall–Kier alpha value is 0.416. The molecule has 0 rings (SSSR count). The molecule has 0 unspecified atom stereocenters. The summed E-state index contributed by atoms with van der Waals surface area (Å²) in [6, 6.07) is 0. The van der Waals surface area contributed by atoms with E-state index in [1.165, 1.54) is 0 Å². The Morgan fingerprint density at radius 1 is 0.526 bits per heavy atom. The van der Waals surface area contributed by atoms with Gasteiger partial charge >= 0.3 is 96.9 Å². The van der Waals surface area contributed by atoms with Crippen molar-refractivity contribution >= 4 is 12.3 Å². The second-order valence-electron chi connectivity index (χ2n) is 0.750. The van der Waals surface area contributed by atoms with Crippen molar-refractivity contribution in [1.82, 2.24) is 0 Å². The number of rotatable bonds is 0. The SMILES string of the molecule is O=C([O-])[O-].O=C([O-])[O-].[OH-].[OH-].[O]=[U+2]=[O].[O]=[U+2]=[O].[O]=[U+2]=[O]. The van der Waals surface area contributed by atoms with E-state index < -0.39 is 95.8 Å². The van der Waals surface area contributed by atoms with Crippen molar-refractivity contribution in [1.29, 1.82) is 0 Å². The molecule has 0 bridgehead atoms. The zero-order chi connectivity index (χ0) is 15.3.